The Labute approximate surface area is 364 Å². The third-order valence-electron chi connectivity index (χ3n) is 16.3. The fraction of sp³-hybridized carbons (Fsp3) is 0.556. The Morgan fingerprint density at radius 1 is 0.450 bits per heavy atom. The molecule has 318 valence electrons. The van der Waals surface area contributed by atoms with Crippen LogP contribution in [0.25, 0.3) is 11.1 Å². The standard InChI is InChI=1S/C54H72B2O4/c1-13-17-23-37(15-3)35-53(36-38(16-4)24-18-14-2)43-25-19-21-27-45(43)54(46-28-22-20-26-44(46)53)47-33-39(55-57-49(5,6)50(7,8)58-55)29-31-41(47)42-32-30-40(34-48(42)54)56-59-51(9,10)52(11,12)60-56/h19-22,25-34,37-38H,13-18,23-24,35-36H2,1-12H3. The first-order valence-electron chi connectivity index (χ1n) is 23.7. The monoisotopic (exact) mass is 807 g/mol. The van der Waals surface area contributed by atoms with Crippen molar-refractivity contribution in [2.24, 2.45) is 11.8 Å². The Morgan fingerprint density at radius 2 is 0.800 bits per heavy atom. The van der Waals surface area contributed by atoms with E-state index < -0.39 is 42.1 Å². The molecule has 2 aliphatic carbocycles. The fourth-order valence-corrected chi connectivity index (χ4v) is 11.3. The first-order chi connectivity index (χ1) is 28.5. The zero-order valence-corrected chi connectivity index (χ0v) is 39.1. The molecule has 8 rings (SSSR count). The highest BCUT2D eigenvalue weighted by atomic mass is 16.7. The van der Waals surface area contributed by atoms with E-state index in [1.807, 2.05) is 0 Å². The molecule has 4 nitrogen and oxygen atoms in total. The van der Waals surface area contributed by atoms with Gasteiger partial charge in [0.15, 0.2) is 0 Å². The van der Waals surface area contributed by atoms with Gasteiger partial charge in [0, 0.05) is 5.41 Å². The van der Waals surface area contributed by atoms with E-state index >= 15 is 0 Å². The van der Waals surface area contributed by atoms with Crippen molar-refractivity contribution in [1.29, 1.82) is 0 Å². The summed E-state index contributed by atoms with van der Waals surface area (Å²) in [7, 11) is -0.940. The molecule has 0 aromatic heterocycles. The molecule has 6 heteroatoms. The summed E-state index contributed by atoms with van der Waals surface area (Å²) in [5.41, 5.74) is 10.6. The Morgan fingerprint density at radius 3 is 1.13 bits per heavy atom. The molecule has 2 saturated heterocycles. The number of benzene rings is 4. The average Bonchev–Trinajstić information content (AvgIpc) is 3.73. The third kappa shape index (κ3) is 6.81. The minimum absolute atomic E-state index is 0.128. The van der Waals surface area contributed by atoms with Gasteiger partial charge in [-0.2, -0.15) is 0 Å². The summed E-state index contributed by atoms with van der Waals surface area (Å²) in [6.45, 7) is 26.8. The van der Waals surface area contributed by atoms with Crippen LogP contribution in [0, 0.1) is 11.8 Å². The Balaban J connectivity index is 1.42. The van der Waals surface area contributed by atoms with Crippen LogP contribution < -0.4 is 10.9 Å². The molecule has 0 N–H and O–H groups in total. The molecule has 0 radical (unpaired) electrons. The summed E-state index contributed by atoms with van der Waals surface area (Å²) in [6, 6.07) is 33.4. The minimum Gasteiger partial charge on any atom is -0.399 e. The van der Waals surface area contributed by atoms with E-state index in [4.69, 9.17) is 18.6 Å². The smallest absolute Gasteiger partial charge is 0.399 e. The molecule has 4 aromatic carbocycles. The van der Waals surface area contributed by atoms with Crippen molar-refractivity contribution < 1.29 is 18.6 Å². The van der Waals surface area contributed by atoms with E-state index in [2.05, 4.69) is 168 Å². The Bertz CT molecular complexity index is 2010. The molecule has 2 heterocycles. The molecular formula is C54H72B2O4. The van der Waals surface area contributed by atoms with Gasteiger partial charge in [0.05, 0.1) is 27.8 Å². The maximum absolute atomic E-state index is 6.78. The number of hydrogen-bond donors (Lipinski definition) is 0. The second-order valence-corrected chi connectivity index (χ2v) is 21.0. The first kappa shape index (κ1) is 43.5. The number of fused-ring (bicyclic) bond motifs is 9. The molecule has 1 spiro atoms. The quantitative estimate of drug-likeness (QED) is 0.105. The van der Waals surface area contributed by atoms with E-state index in [1.54, 1.807) is 0 Å². The highest BCUT2D eigenvalue weighted by Crippen LogP contribution is 2.64. The fourth-order valence-electron chi connectivity index (χ4n) is 11.3. The number of rotatable bonds is 14. The van der Waals surface area contributed by atoms with Gasteiger partial charge in [0.25, 0.3) is 0 Å². The van der Waals surface area contributed by atoms with E-state index in [0.29, 0.717) is 11.8 Å². The van der Waals surface area contributed by atoms with Crippen LogP contribution >= 0.6 is 0 Å². The zero-order chi connectivity index (χ0) is 42.9. The molecule has 0 amide bonds. The summed E-state index contributed by atoms with van der Waals surface area (Å²) in [5, 5.41) is 0. The molecule has 0 saturated carbocycles. The van der Waals surface area contributed by atoms with Crippen LogP contribution in [0.3, 0.4) is 0 Å². The number of unbranched alkanes of at least 4 members (excludes halogenated alkanes) is 2. The van der Waals surface area contributed by atoms with Gasteiger partial charge in [-0.1, -0.05) is 164 Å². The van der Waals surface area contributed by atoms with Crippen molar-refractivity contribution in [3.63, 3.8) is 0 Å². The van der Waals surface area contributed by atoms with Crippen LogP contribution in [0.4, 0.5) is 0 Å². The maximum Gasteiger partial charge on any atom is 0.494 e. The van der Waals surface area contributed by atoms with Crippen molar-refractivity contribution >= 4 is 25.2 Å². The van der Waals surface area contributed by atoms with Gasteiger partial charge in [-0.25, -0.2) is 0 Å². The van der Waals surface area contributed by atoms with Crippen molar-refractivity contribution in [3.05, 3.63) is 118 Å². The summed E-state index contributed by atoms with van der Waals surface area (Å²) < 4.78 is 27.1. The van der Waals surface area contributed by atoms with E-state index in [1.165, 1.54) is 95.9 Å². The van der Waals surface area contributed by atoms with Crippen molar-refractivity contribution in [2.75, 3.05) is 0 Å². The third-order valence-corrected chi connectivity index (χ3v) is 16.3. The van der Waals surface area contributed by atoms with Crippen LogP contribution in [-0.4, -0.2) is 36.6 Å². The van der Waals surface area contributed by atoms with Crippen molar-refractivity contribution in [3.8, 4) is 11.1 Å². The lowest BCUT2D eigenvalue weighted by molar-refractivity contribution is 0.00578. The average molecular weight is 807 g/mol. The van der Waals surface area contributed by atoms with Crippen molar-refractivity contribution in [1.82, 2.24) is 0 Å². The highest BCUT2D eigenvalue weighted by molar-refractivity contribution is 6.62. The minimum atomic E-state index is -0.586. The molecule has 2 aliphatic heterocycles. The van der Waals surface area contributed by atoms with Crippen LogP contribution in [0.1, 0.15) is 181 Å². The summed E-state index contributed by atoms with van der Waals surface area (Å²) >= 11 is 0. The number of hydrogen-bond acceptors (Lipinski definition) is 4. The van der Waals surface area contributed by atoms with Crippen LogP contribution in [0.5, 0.6) is 0 Å². The predicted octanol–water partition coefficient (Wildman–Crippen LogP) is 12.5. The van der Waals surface area contributed by atoms with Gasteiger partial charge in [-0.3, -0.25) is 0 Å². The highest BCUT2D eigenvalue weighted by Gasteiger charge is 2.58. The lowest BCUT2D eigenvalue weighted by atomic mass is 9.51. The largest absolute Gasteiger partial charge is 0.494 e. The lowest BCUT2D eigenvalue weighted by Gasteiger charge is -2.51. The molecule has 2 atom stereocenters. The summed E-state index contributed by atoms with van der Waals surface area (Å²) in [6.07, 6.45) is 12.3. The van der Waals surface area contributed by atoms with Gasteiger partial charge in [-0.15, -0.1) is 0 Å². The summed E-state index contributed by atoms with van der Waals surface area (Å²) in [5.74, 6) is 1.27. The van der Waals surface area contributed by atoms with Gasteiger partial charge >= 0.3 is 14.2 Å². The maximum atomic E-state index is 6.78. The molecule has 2 fully saturated rings. The van der Waals surface area contributed by atoms with Crippen molar-refractivity contribution in [2.45, 2.75) is 181 Å². The second-order valence-electron chi connectivity index (χ2n) is 21.0. The first-order valence-corrected chi connectivity index (χ1v) is 23.7. The predicted molar refractivity (Wildman–Crippen MR) is 252 cm³/mol. The topological polar surface area (TPSA) is 36.9 Å². The molecule has 4 aliphatic rings. The van der Waals surface area contributed by atoms with Gasteiger partial charge in [0.2, 0.25) is 0 Å². The normalized spacial score (nSPS) is 21.7. The molecular weight excluding hydrogens is 734 g/mol. The van der Waals surface area contributed by atoms with Crippen LogP contribution in [0.15, 0.2) is 84.9 Å². The van der Waals surface area contributed by atoms with E-state index in [9.17, 15) is 0 Å². The van der Waals surface area contributed by atoms with Gasteiger partial charge in [-0.05, 0) is 136 Å². The molecule has 0 bridgehead atoms. The molecule has 4 aromatic rings. The van der Waals surface area contributed by atoms with Crippen LogP contribution in [-0.2, 0) is 29.4 Å². The summed E-state index contributed by atoms with van der Waals surface area (Å²) in [4.78, 5) is 0. The van der Waals surface area contributed by atoms with E-state index in [-0.39, 0.29) is 5.41 Å². The Hall–Kier alpha value is -3.15. The molecule has 60 heavy (non-hydrogen) atoms. The molecule has 2 unspecified atom stereocenters. The van der Waals surface area contributed by atoms with Gasteiger partial charge in [0.1, 0.15) is 0 Å². The SMILES string of the molecule is CCCCC(CC)CC1(CC(CC)CCCC)c2ccccc2C2(c3cc(B4OC(C)(C)C(C)(C)O4)ccc3-c3ccc(B4OC(C)(C)C(C)(C)O4)cc32)c2ccccc21. The second kappa shape index (κ2) is 15.9. The lowest BCUT2D eigenvalue weighted by Crippen LogP contribution is -2.46. The van der Waals surface area contributed by atoms with Gasteiger partial charge < -0.3 is 18.6 Å². The Kier molecular flexibility index (Phi) is 11.5. The van der Waals surface area contributed by atoms with E-state index in [0.717, 1.165) is 23.8 Å². The zero-order valence-electron chi connectivity index (χ0n) is 39.1. The van der Waals surface area contributed by atoms with Crippen LogP contribution in [0.2, 0.25) is 0 Å².